The van der Waals surface area contributed by atoms with Gasteiger partial charge >= 0.3 is 0 Å². The molecule has 0 atom stereocenters. The van der Waals surface area contributed by atoms with Crippen LogP contribution < -0.4 is 10.1 Å². The van der Waals surface area contributed by atoms with Crippen LogP contribution in [0.25, 0.3) is 0 Å². The van der Waals surface area contributed by atoms with Gasteiger partial charge in [-0.2, -0.15) is 0 Å². The van der Waals surface area contributed by atoms with Gasteiger partial charge in [0.25, 0.3) is 0 Å². The largest absolute Gasteiger partial charge is 0.487 e. The van der Waals surface area contributed by atoms with Crippen LogP contribution in [0.5, 0.6) is 5.75 Å². The fourth-order valence-corrected chi connectivity index (χ4v) is 2.09. The molecule has 3 nitrogen and oxygen atoms in total. The minimum Gasteiger partial charge on any atom is -0.487 e. The van der Waals surface area contributed by atoms with Gasteiger partial charge in [0.15, 0.2) is 0 Å². The first-order chi connectivity index (χ1) is 9.79. The first-order valence-corrected chi connectivity index (χ1v) is 7.23. The zero-order valence-electron chi connectivity index (χ0n) is 11.2. The Kier molecular flexibility index (Phi) is 4.19. The molecule has 20 heavy (non-hydrogen) atoms. The summed E-state index contributed by atoms with van der Waals surface area (Å²) < 4.78 is 5.66. The van der Waals surface area contributed by atoms with Crippen molar-refractivity contribution in [1.29, 1.82) is 0 Å². The molecule has 1 fully saturated rings. The molecule has 0 saturated heterocycles. The lowest BCUT2D eigenvalue weighted by Gasteiger charge is -2.07. The number of benzene rings is 1. The van der Waals surface area contributed by atoms with Crippen LogP contribution in [0.3, 0.4) is 0 Å². The lowest BCUT2D eigenvalue weighted by atomic mass is 10.2. The van der Waals surface area contributed by atoms with E-state index in [0.717, 1.165) is 24.0 Å². The highest BCUT2D eigenvalue weighted by atomic mass is 35.5. The first kappa shape index (κ1) is 13.4. The van der Waals surface area contributed by atoms with E-state index in [9.17, 15) is 0 Å². The van der Waals surface area contributed by atoms with Crippen molar-refractivity contribution in [3.05, 3.63) is 58.9 Å². The SMILES string of the molecule is Clc1cccc(OCc2ccc(CNC3CC3)cn2)c1. The van der Waals surface area contributed by atoms with Crippen LogP contribution in [0.15, 0.2) is 42.6 Å². The summed E-state index contributed by atoms with van der Waals surface area (Å²) in [6.07, 6.45) is 4.52. The van der Waals surface area contributed by atoms with Crippen LogP contribution in [0.2, 0.25) is 5.02 Å². The lowest BCUT2D eigenvalue weighted by molar-refractivity contribution is 0.301. The molecule has 2 aromatic rings. The Morgan fingerprint density at radius 3 is 2.85 bits per heavy atom. The molecule has 1 N–H and O–H groups in total. The van der Waals surface area contributed by atoms with Gasteiger partial charge in [0.05, 0.1) is 5.69 Å². The minimum absolute atomic E-state index is 0.455. The van der Waals surface area contributed by atoms with Gasteiger partial charge in [-0.3, -0.25) is 4.98 Å². The minimum atomic E-state index is 0.455. The average Bonchev–Trinajstić information content (AvgIpc) is 3.28. The molecule has 3 rings (SSSR count). The van der Waals surface area contributed by atoms with Crippen molar-refractivity contribution in [2.75, 3.05) is 0 Å². The Bertz CT molecular complexity index is 567. The molecule has 1 aromatic heterocycles. The van der Waals surface area contributed by atoms with Crippen LogP contribution in [0.4, 0.5) is 0 Å². The van der Waals surface area contributed by atoms with Gasteiger partial charge < -0.3 is 10.1 Å². The highest BCUT2D eigenvalue weighted by Crippen LogP contribution is 2.19. The molecule has 1 saturated carbocycles. The number of nitrogens with zero attached hydrogens (tertiary/aromatic N) is 1. The van der Waals surface area contributed by atoms with E-state index in [4.69, 9.17) is 16.3 Å². The second kappa shape index (κ2) is 6.25. The number of rotatable bonds is 6. The third-order valence-corrected chi connectivity index (χ3v) is 3.48. The van der Waals surface area contributed by atoms with Crippen LogP contribution in [-0.4, -0.2) is 11.0 Å². The van der Waals surface area contributed by atoms with E-state index in [1.165, 1.54) is 18.4 Å². The summed E-state index contributed by atoms with van der Waals surface area (Å²) in [7, 11) is 0. The first-order valence-electron chi connectivity index (χ1n) is 6.85. The molecular weight excluding hydrogens is 272 g/mol. The van der Waals surface area contributed by atoms with Crippen LogP contribution in [0.1, 0.15) is 24.1 Å². The maximum Gasteiger partial charge on any atom is 0.130 e. The average molecular weight is 289 g/mol. The quantitative estimate of drug-likeness (QED) is 0.882. The molecule has 104 valence electrons. The molecule has 0 aliphatic heterocycles. The Balaban J connectivity index is 1.52. The van der Waals surface area contributed by atoms with Crippen molar-refractivity contribution in [2.24, 2.45) is 0 Å². The smallest absolute Gasteiger partial charge is 0.130 e. The maximum atomic E-state index is 5.91. The summed E-state index contributed by atoms with van der Waals surface area (Å²) in [5, 5.41) is 4.15. The number of hydrogen-bond donors (Lipinski definition) is 1. The molecule has 1 aromatic carbocycles. The van der Waals surface area contributed by atoms with Gasteiger partial charge in [-0.15, -0.1) is 0 Å². The van der Waals surface area contributed by atoms with Crippen molar-refractivity contribution >= 4 is 11.6 Å². The summed E-state index contributed by atoms with van der Waals surface area (Å²) >= 11 is 5.91. The predicted molar refractivity (Wildman–Crippen MR) is 79.9 cm³/mol. The van der Waals surface area contributed by atoms with E-state index in [-0.39, 0.29) is 0 Å². The highest BCUT2D eigenvalue weighted by molar-refractivity contribution is 6.30. The van der Waals surface area contributed by atoms with Gasteiger partial charge in [-0.25, -0.2) is 0 Å². The normalized spacial score (nSPS) is 14.2. The van der Waals surface area contributed by atoms with E-state index < -0.39 is 0 Å². The molecule has 0 spiro atoms. The maximum absolute atomic E-state index is 5.91. The molecular formula is C16H17ClN2O. The van der Waals surface area contributed by atoms with E-state index >= 15 is 0 Å². The topological polar surface area (TPSA) is 34.1 Å². The monoisotopic (exact) mass is 288 g/mol. The number of ether oxygens (including phenoxy) is 1. The summed E-state index contributed by atoms with van der Waals surface area (Å²) in [6.45, 7) is 1.35. The Labute approximate surface area is 123 Å². The molecule has 1 heterocycles. The van der Waals surface area contributed by atoms with Crippen molar-refractivity contribution < 1.29 is 4.74 Å². The Hall–Kier alpha value is -1.58. The van der Waals surface area contributed by atoms with Gasteiger partial charge in [0.2, 0.25) is 0 Å². The van der Waals surface area contributed by atoms with Crippen molar-refractivity contribution in [1.82, 2.24) is 10.3 Å². The van der Waals surface area contributed by atoms with Gasteiger partial charge in [0.1, 0.15) is 12.4 Å². The molecule has 1 aliphatic rings. The number of nitrogens with one attached hydrogen (secondary N) is 1. The third-order valence-electron chi connectivity index (χ3n) is 3.24. The third kappa shape index (κ3) is 3.95. The number of halogens is 1. The zero-order chi connectivity index (χ0) is 13.8. The molecule has 4 heteroatoms. The molecule has 0 amide bonds. The molecule has 1 aliphatic carbocycles. The Morgan fingerprint density at radius 1 is 1.25 bits per heavy atom. The summed E-state index contributed by atoms with van der Waals surface area (Å²) in [4.78, 5) is 4.42. The van der Waals surface area contributed by atoms with Crippen molar-refractivity contribution in [2.45, 2.75) is 32.0 Å². The molecule has 0 radical (unpaired) electrons. The summed E-state index contributed by atoms with van der Waals surface area (Å²) in [5.74, 6) is 0.763. The Morgan fingerprint density at radius 2 is 2.15 bits per heavy atom. The van der Waals surface area contributed by atoms with Crippen LogP contribution in [0, 0.1) is 0 Å². The standard InChI is InChI=1S/C16H17ClN2O/c17-13-2-1-3-16(8-13)20-11-15-5-4-12(10-19-15)9-18-14-6-7-14/h1-5,8,10,14,18H,6-7,9,11H2. The number of hydrogen-bond acceptors (Lipinski definition) is 3. The lowest BCUT2D eigenvalue weighted by Crippen LogP contribution is -2.15. The van der Waals surface area contributed by atoms with Crippen molar-refractivity contribution in [3.63, 3.8) is 0 Å². The van der Waals surface area contributed by atoms with E-state index in [2.05, 4.69) is 16.4 Å². The van der Waals surface area contributed by atoms with Gasteiger partial charge in [0, 0.05) is 23.8 Å². The summed E-state index contributed by atoms with van der Waals surface area (Å²) in [5.41, 5.74) is 2.13. The molecule has 0 bridgehead atoms. The second-order valence-corrected chi connectivity index (χ2v) is 5.50. The van der Waals surface area contributed by atoms with E-state index in [0.29, 0.717) is 11.6 Å². The number of aromatic nitrogens is 1. The second-order valence-electron chi connectivity index (χ2n) is 5.06. The van der Waals surface area contributed by atoms with E-state index in [1.54, 1.807) is 6.07 Å². The van der Waals surface area contributed by atoms with Crippen LogP contribution in [-0.2, 0) is 13.2 Å². The molecule has 0 unspecified atom stereocenters. The summed E-state index contributed by atoms with van der Waals surface area (Å²) in [6, 6.07) is 12.2. The fraction of sp³-hybridized carbons (Fsp3) is 0.312. The highest BCUT2D eigenvalue weighted by Gasteiger charge is 2.19. The van der Waals surface area contributed by atoms with E-state index in [1.807, 2.05) is 30.5 Å². The number of pyridine rings is 1. The predicted octanol–water partition coefficient (Wildman–Crippen LogP) is 3.57. The van der Waals surface area contributed by atoms with Gasteiger partial charge in [-0.1, -0.05) is 23.7 Å². The fourth-order valence-electron chi connectivity index (χ4n) is 1.91. The van der Waals surface area contributed by atoms with Crippen LogP contribution >= 0.6 is 11.6 Å². The van der Waals surface area contributed by atoms with Crippen molar-refractivity contribution in [3.8, 4) is 5.75 Å². The zero-order valence-corrected chi connectivity index (χ0v) is 11.9. The van der Waals surface area contributed by atoms with Gasteiger partial charge in [-0.05, 0) is 42.7 Å².